The van der Waals surface area contributed by atoms with E-state index in [-0.39, 0.29) is 11.3 Å². The minimum Gasteiger partial charge on any atom is -0.481 e. The van der Waals surface area contributed by atoms with Gasteiger partial charge in [-0.3, -0.25) is 4.79 Å². The first-order valence-electron chi connectivity index (χ1n) is 11.2. The van der Waals surface area contributed by atoms with Gasteiger partial charge in [-0.1, -0.05) is 13.8 Å². The monoisotopic (exact) mass is 378 g/mol. The zero-order chi connectivity index (χ0) is 19.4. The number of hydrogen-bond acceptors (Lipinski definition) is 3. The van der Waals surface area contributed by atoms with Gasteiger partial charge >= 0.3 is 5.97 Å². The quantitative estimate of drug-likeness (QED) is 0.756. The number of hydrogen-bond donors (Lipinski definition) is 2. The molecule has 0 spiro atoms. The summed E-state index contributed by atoms with van der Waals surface area (Å²) >= 11 is 0. The Bertz CT molecular complexity index is 591. The Morgan fingerprint density at radius 3 is 2.52 bits per heavy atom. The minimum absolute atomic E-state index is 0.000220. The second-order valence-electron chi connectivity index (χ2n) is 10.6. The van der Waals surface area contributed by atoms with Gasteiger partial charge in [0.25, 0.3) is 0 Å². The molecule has 0 bridgehead atoms. The fourth-order valence-corrected chi connectivity index (χ4v) is 8.64. The highest BCUT2D eigenvalue weighted by Crippen LogP contribution is 2.68. The lowest BCUT2D eigenvalue weighted by Gasteiger charge is -2.63. The molecule has 4 rings (SSSR count). The molecule has 4 saturated carbocycles. The van der Waals surface area contributed by atoms with Crippen molar-refractivity contribution >= 4 is 5.97 Å². The molecule has 2 N–H and O–H groups in total. The van der Waals surface area contributed by atoms with Gasteiger partial charge in [0.05, 0.1) is 18.1 Å². The van der Waals surface area contributed by atoms with Crippen molar-refractivity contribution in [2.24, 2.45) is 40.4 Å². The molecule has 8 atom stereocenters. The smallest absolute Gasteiger partial charge is 0.307 e. The average molecular weight is 379 g/mol. The van der Waals surface area contributed by atoms with Gasteiger partial charge in [0, 0.05) is 7.11 Å². The Kier molecular flexibility index (Phi) is 4.91. The molecule has 0 amide bonds. The number of methoxy groups -OCH3 is 1. The minimum atomic E-state index is -0.643. The molecule has 27 heavy (non-hydrogen) atoms. The Labute approximate surface area is 164 Å². The molecule has 4 aliphatic carbocycles. The van der Waals surface area contributed by atoms with E-state index in [0.29, 0.717) is 29.8 Å². The molecule has 0 saturated heterocycles. The third-order valence-corrected chi connectivity index (χ3v) is 9.89. The number of carboxylic acids is 1. The van der Waals surface area contributed by atoms with Crippen LogP contribution in [0.5, 0.6) is 0 Å². The summed E-state index contributed by atoms with van der Waals surface area (Å²) < 4.78 is 5.34. The van der Waals surface area contributed by atoms with Crippen molar-refractivity contribution in [2.75, 3.05) is 13.7 Å². The van der Waals surface area contributed by atoms with Crippen LogP contribution in [0.25, 0.3) is 0 Å². The van der Waals surface area contributed by atoms with Gasteiger partial charge < -0.3 is 14.9 Å². The average Bonchev–Trinajstić information content (AvgIpc) is 2.99. The predicted octanol–water partition coefficient (Wildman–Crippen LogP) is 4.50. The highest BCUT2D eigenvalue weighted by Gasteiger charge is 2.63. The van der Waals surface area contributed by atoms with Gasteiger partial charge in [-0.25, -0.2) is 0 Å². The Balaban J connectivity index is 1.60. The Hall–Kier alpha value is -0.610. The lowest BCUT2D eigenvalue weighted by atomic mass is 9.43. The zero-order valence-electron chi connectivity index (χ0n) is 17.4. The molecule has 0 unspecified atom stereocenters. The van der Waals surface area contributed by atoms with Crippen LogP contribution >= 0.6 is 0 Å². The molecule has 0 aromatic heterocycles. The molecule has 154 valence electrons. The summed E-state index contributed by atoms with van der Waals surface area (Å²) in [4.78, 5) is 11.9. The topological polar surface area (TPSA) is 66.8 Å². The second kappa shape index (κ2) is 6.73. The van der Waals surface area contributed by atoms with E-state index in [1.807, 2.05) is 0 Å². The number of aliphatic carboxylic acids is 1. The van der Waals surface area contributed by atoms with Gasteiger partial charge in [-0.2, -0.15) is 0 Å². The predicted molar refractivity (Wildman–Crippen MR) is 104 cm³/mol. The molecule has 0 radical (unpaired) electrons. The van der Waals surface area contributed by atoms with Crippen LogP contribution in [0.4, 0.5) is 0 Å². The van der Waals surface area contributed by atoms with Gasteiger partial charge in [-0.05, 0) is 98.7 Å². The number of ether oxygens (including phenoxy) is 1. The molecule has 0 aliphatic heterocycles. The van der Waals surface area contributed by atoms with Gasteiger partial charge in [0.1, 0.15) is 0 Å². The lowest BCUT2D eigenvalue weighted by molar-refractivity contribution is -0.174. The van der Waals surface area contributed by atoms with Crippen molar-refractivity contribution in [1.29, 1.82) is 0 Å². The molecule has 4 fully saturated rings. The maximum Gasteiger partial charge on any atom is 0.307 e. The van der Waals surface area contributed by atoms with Crippen LogP contribution in [-0.4, -0.2) is 35.5 Å². The molecule has 4 heteroatoms. The number of rotatable bonds is 4. The van der Waals surface area contributed by atoms with Crippen molar-refractivity contribution < 1.29 is 19.7 Å². The van der Waals surface area contributed by atoms with Crippen LogP contribution in [0.2, 0.25) is 0 Å². The molecular formula is C23H38O4. The summed E-state index contributed by atoms with van der Waals surface area (Å²) in [7, 11) is 1.69. The van der Waals surface area contributed by atoms with E-state index >= 15 is 0 Å². The van der Waals surface area contributed by atoms with Crippen molar-refractivity contribution in [3.63, 3.8) is 0 Å². The van der Waals surface area contributed by atoms with Crippen LogP contribution in [0.15, 0.2) is 0 Å². The Morgan fingerprint density at radius 1 is 1.07 bits per heavy atom. The zero-order valence-corrected chi connectivity index (χ0v) is 17.4. The molecule has 0 aromatic carbocycles. The van der Waals surface area contributed by atoms with Crippen molar-refractivity contribution in [3.8, 4) is 0 Å². The highest BCUT2D eigenvalue weighted by molar-refractivity contribution is 5.71. The summed E-state index contributed by atoms with van der Waals surface area (Å²) in [5.74, 6) is 1.88. The van der Waals surface area contributed by atoms with Crippen LogP contribution in [-0.2, 0) is 9.53 Å². The van der Waals surface area contributed by atoms with E-state index in [9.17, 15) is 15.0 Å². The standard InChI is InChI=1S/C23H38O4/c1-4-23-12-11-22(26,14-27-3)13-15(23)5-6-16-17-7-8-19(20(24)25)21(17,2)10-9-18(16)23/h15-19,26H,4-14H2,1-3H3,(H,24,25)/t15-,16+,17+,18+,19-,21+,22-,23+/m1/s1. The van der Waals surface area contributed by atoms with E-state index in [1.54, 1.807) is 7.11 Å². The number of carbonyl (C=O) groups is 1. The third-order valence-electron chi connectivity index (χ3n) is 9.89. The Morgan fingerprint density at radius 2 is 1.85 bits per heavy atom. The summed E-state index contributed by atoms with van der Waals surface area (Å²) in [6.45, 7) is 5.10. The number of fused-ring (bicyclic) bond motifs is 5. The fourth-order valence-electron chi connectivity index (χ4n) is 8.64. The normalized spacial score (nSPS) is 51.9. The van der Waals surface area contributed by atoms with Gasteiger partial charge in [-0.15, -0.1) is 0 Å². The number of carboxylic acid groups (broad SMARTS) is 1. The molecular weight excluding hydrogens is 340 g/mol. The van der Waals surface area contributed by atoms with Crippen molar-refractivity contribution in [2.45, 2.75) is 83.7 Å². The summed E-state index contributed by atoms with van der Waals surface area (Å²) in [5, 5.41) is 20.8. The fraction of sp³-hybridized carbons (Fsp3) is 0.957. The molecule has 0 aromatic rings. The van der Waals surface area contributed by atoms with Crippen molar-refractivity contribution in [3.05, 3.63) is 0 Å². The lowest BCUT2D eigenvalue weighted by Crippen LogP contribution is -2.57. The van der Waals surface area contributed by atoms with Gasteiger partial charge in [0.2, 0.25) is 0 Å². The third kappa shape index (κ3) is 2.80. The van der Waals surface area contributed by atoms with Crippen LogP contribution in [0, 0.1) is 40.4 Å². The maximum atomic E-state index is 11.9. The summed E-state index contributed by atoms with van der Waals surface area (Å²) in [5.41, 5.74) is -0.290. The molecule has 4 aliphatic rings. The largest absolute Gasteiger partial charge is 0.481 e. The van der Waals surface area contributed by atoms with Crippen LogP contribution in [0.3, 0.4) is 0 Å². The van der Waals surface area contributed by atoms with Crippen LogP contribution < -0.4 is 0 Å². The van der Waals surface area contributed by atoms with E-state index in [0.717, 1.165) is 44.4 Å². The van der Waals surface area contributed by atoms with E-state index in [2.05, 4.69) is 13.8 Å². The van der Waals surface area contributed by atoms with E-state index < -0.39 is 11.6 Å². The molecule has 0 heterocycles. The van der Waals surface area contributed by atoms with E-state index in [4.69, 9.17) is 4.74 Å². The first-order valence-corrected chi connectivity index (χ1v) is 11.2. The van der Waals surface area contributed by atoms with E-state index in [1.165, 1.54) is 25.7 Å². The number of aliphatic hydroxyl groups is 1. The first-order chi connectivity index (χ1) is 12.8. The maximum absolute atomic E-state index is 11.9. The SMILES string of the molecule is CC[C@]12CC[C@](O)(COC)C[C@H]1CC[C@H]1[C@@H]3CC[C@H](C(=O)O)[C@@]3(C)CC[C@@H]12. The summed E-state index contributed by atoms with van der Waals surface area (Å²) in [6, 6.07) is 0. The first kappa shape index (κ1) is 19.7. The molecule has 4 nitrogen and oxygen atoms in total. The van der Waals surface area contributed by atoms with Gasteiger partial charge in [0.15, 0.2) is 0 Å². The summed E-state index contributed by atoms with van der Waals surface area (Å²) in [6.07, 6.45) is 10.7. The van der Waals surface area contributed by atoms with Crippen LogP contribution in [0.1, 0.15) is 78.1 Å². The second-order valence-corrected chi connectivity index (χ2v) is 10.6. The highest BCUT2D eigenvalue weighted by atomic mass is 16.5. The van der Waals surface area contributed by atoms with Crippen molar-refractivity contribution in [1.82, 2.24) is 0 Å².